The molecular formula is C11H18N6O6P2. The van der Waals surface area contributed by atoms with Crippen LogP contribution in [0.5, 0.6) is 0 Å². The zero-order chi connectivity index (χ0) is 18.7. The second-order valence-corrected chi connectivity index (χ2v) is 9.26. The summed E-state index contributed by atoms with van der Waals surface area (Å²) in [5, 5.41) is 7.77. The number of nitrogens with two attached hydrogens (primary N) is 1. The largest absolute Gasteiger partial charge is 0.383 e. The van der Waals surface area contributed by atoms with Gasteiger partial charge in [-0.15, -0.1) is 5.10 Å². The summed E-state index contributed by atoms with van der Waals surface area (Å²) in [5.74, 6) is -0.327. The Morgan fingerprint density at radius 3 is 2.68 bits per heavy atom. The van der Waals surface area contributed by atoms with E-state index in [4.69, 9.17) is 15.5 Å². The summed E-state index contributed by atoms with van der Waals surface area (Å²) in [5.41, 5.74) is 6.94. The molecule has 0 aliphatic heterocycles. The van der Waals surface area contributed by atoms with E-state index in [1.165, 1.54) is 4.68 Å². The van der Waals surface area contributed by atoms with Gasteiger partial charge in [-0.25, -0.2) is 14.6 Å². The predicted molar refractivity (Wildman–Crippen MR) is 86.7 cm³/mol. The minimum absolute atomic E-state index is 0.144. The first-order chi connectivity index (χ1) is 11.5. The Morgan fingerprint density at radius 2 is 2.04 bits per heavy atom. The summed E-state index contributed by atoms with van der Waals surface area (Å²) in [7, 11) is -9.00. The van der Waals surface area contributed by atoms with Crippen molar-refractivity contribution >= 4 is 21.0 Å². The highest BCUT2D eigenvalue weighted by Crippen LogP contribution is 2.55. The molecule has 138 valence electrons. The lowest BCUT2D eigenvalue weighted by molar-refractivity contribution is 0.263. The number of rotatable bonds is 8. The van der Waals surface area contributed by atoms with Crippen LogP contribution in [0.4, 0.5) is 5.82 Å². The number of nitrogens with zero attached hydrogens (tertiary/aromatic N) is 5. The third-order valence-corrected chi connectivity index (χ3v) is 6.44. The highest BCUT2D eigenvalue weighted by molar-refractivity contribution is 7.70. The third kappa shape index (κ3) is 6.62. The molecule has 1 atom stereocenters. The number of aryl methyl sites for hydroxylation is 1. The average molecular weight is 392 g/mol. The summed E-state index contributed by atoms with van der Waals surface area (Å²) in [6.45, 7) is 1.79. The fourth-order valence-corrected chi connectivity index (χ4v) is 4.47. The van der Waals surface area contributed by atoms with Crippen molar-refractivity contribution in [1.29, 1.82) is 0 Å². The second-order valence-electron chi connectivity index (χ2n) is 5.26. The molecule has 0 amide bonds. The highest BCUT2D eigenvalue weighted by Gasteiger charge is 2.30. The van der Waals surface area contributed by atoms with Gasteiger partial charge in [-0.2, -0.15) is 0 Å². The predicted octanol–water partition coefficient (Wildman–Crippen LogP) is -0.113. The first kappa shape index (κ1) is 19.6. The summed E-state index contributed by atoms with van der Waals surface area (Å²) in [6.07, 6.45) is 3.33. The Kier molecular flexibility index (Phi) is 6.04. The molecule has 0 fully saturated rings. The fraction of sp³-hybridized carbons (Fsp3) is 0.455. The molecule has 0 radical (unpaired) electrons. The van der Waals surface area contributed by atoms with Gasteiger partial charge in [0.2, 0.25) is 0 Å². The van der Waals surface area contributed by atoms with Crippen molar-refractivity contribution in [3.63, 3.8) is 0 Å². The number of nitrogen functional groups attached to an aromatic ring is 1. The molecule has 2 aromatic rings. The monoisotopic (exact) mass is 392 g/mol. The van der Waals surface area contributed by atoms with Crippen LogP contribution in [0.15, 0.2) is 12.4 Å². The Labute approximate surface area is 142 Å². The number of hydrogen-bond acceptors (Lipinski definition) is 8. The van der Waals surface area contributed by atoms with E-state index < -0.39 is 21.1 Å². The average Bonchev–Trinajstić information content (AvgIpc) is 2.86. The zero-order valence-corrected chi connectivity index (χ0v) is 15.0. The van der Waals surface area contributed by atoms with Crippen LogP contribution in [0.3, 0.4) is 0 Å². The third-order valence-electron chi connectivity index (χ3n) is 2.95. The summed E-state index contributed by atoms with van der Waals surface area (Å²) in [6, 6.07) is 0. The van der Waals surface area contributed by atoms with Crippen molar-refractivity contribution in [3.05, 3.63) is 29.5 Å². The molecule has 0 aliphatic rings. The molecule has 0 saturated carbocycles. The molecule has 2 rings (SSSR count). The van der Waals surface area contributed by atoms with E-state index in [9.17, 15) is 14.0 Å². The quantitative estimate of drug-likeness (QED) is 0.439. The summed E-state index contributed by atoms with van der Waals surface area (Å²) in [4.78, 5) is 34.9. The molecule has 0 bridgehead atoms. The van der Waals surface area contributed by atoms with Crippen LogP contribution in [0, 0.1) is 6.92 Å². The molecule has 25 heavy (non-hydrogen) atoms. The van der Waals surface area contributed by atoms with Gasteiger partial charge in [0.05, 0.1) is 18.8 Å². The van der Waals surface area contributed by atoms with E-state index in [1.54, 1.807) is 19.3 Å². The van der Waals surface area contributed by atoms with Gasteiger partial charge in [-0.05, 0) is 6.92 Å². The maximum atomic E-state index is 11.5. The maximum absolute atomic E-state index is 11.5. The Hall–Kier alpha value is -1.68. The smallest absolute Gasteiger partial charge is 0.340 e. The van der Waals surface area contributed by atoms with Crippen LogP contribution in [0.1, 0.15) is 17.1 Å². The SMILES string of the molecule is Cc1ncc(Cn2cc(CCOP(=O)(O)CP(=O)(O)O)nn2)c(N)n1. The van der Waals surface area contributed by atoms with Crippen molar-refractivity contribution in [2.24, 2.45) is 0 Å². The molecule has 0 spiro atoms. The molecule has 0 aromatic carbocycles. The molecule has 0 aliphatic carbocycles. The number of anilines is 1. The van der Waals surface area contributed by atoms with Crippen LogP contribution in [0.25, 0.3) is 0 Å². The van der Waals surface area contributed by atoms with Crippen molar-refractivity contribution in [1.82, 2.24) is 25.0 Å². The van der Waals surface area contributed by atoms with Crippen molar-refractivity contribution in [3.8, 4) is 0 Å². The fourth-order valence-electron chi connectivity index (χ4n) is 1.91. The minimum atomic E-state index is -4.64. The van der Waals surface area contributed by atoms with Gasteiger partial charge in [-0.3, -0.25) is 9.13 Å². The Morgan fingerprint density at radius 1 is 1.32 bits per heavy atom. The molecule has 1 unspecified atom stereocenters. The maximum Gasteiger partial charge on any atom is 0.340 e. The summed E-state index contributed by atoms with van der Waals surface area (Å²) >= 11 is 0. The van der Waals surface area contributed by atoms with Gasteiger partial charge in [0, 0.05) is 24.4 Å². The Bertz CT molecular complexity index is 836. The van der Waals surface area contributed by atoms with E-state index in [1.807, 2.05) is 0 Å². The van der Waals surface area contributed by atoms with Crippen LogP contribution in [0.2, 0.25) is 0 Å². The normalized spacial score (nSPS) is 14.4. The first-order valence-corrected chi connectivity index (χ1v) is 10.6. The standard InChI is InChI=1S/C11H18N6O6P2/c1-8-13-4-9(11(12)14-8)5-17-6-10(15-16-17)2-3-23-25(21,22)7-24(18,19)20/h4,6H,2-3,5,7H2,1H3,(H,21,22)(H2,12,13,14)(H2,18,19,20). The van der Waals surface area contributed by atoms with E-state index >= 15 is 0 Å². The number of aromatic nitrogens is 5. The topological polar surface area (TPSA) is 187 Å². The lowest BCUT2D eigenvalue weighted by Gasteiger charge is -2.12. The van der Waals surface area contributed by atoms with E-state index in [0.29, 0.717) is 29.4 Å². The van der Waals surface area contributed by atoms with E-state index in [-0.39, 0.29) is 13.0 Å². The molecule has 14 heteroatoms. The van der Waals surface area contributed by atoms with Gasteiger partial charge in [0.25, 0.3) is 0 Å². The second kappa shape index (κ2) is 7.69. The minimum Gasteiger partial charge on any atom is -0.383 e. The molecule has 0 saturated heterocycles. The number of hydrogen-bond donors (Lipinski definition) is 4. The molecule has 12 nitrogen and oxygen atoms in total. The van der Waals surface area contributed by atoms with Crippen LogP contribution < -0.4 is 5.73 Å². The molecular weight excluding hydrogens is 374 g/mol. The van der Waals surface area contributed by atoms with Crippen molar-refractivity contribution in [2.45, 2.75) is 19.9 Å². The van der Waals surface area contributed by atoms with Gasteiger partial charge in [-0.1, -0.05) is 5.21 Å². The van der Waals surface area contributed by atoms with Gasteiger partial charge in [0.1, 0.15) is 11.6 Å². The van der Waals surface area contributed by atoms with E-state index in [0.717, 1.165) is 0 Å². The van der Waals surface area contributed by atoms with Gasteiger partial charge < -0.3 is 24.9 Å². The van der Waals surface area contributed by atoms with Gasteiger partial charge in [0.15, 0.2) is 5.90 Å². The lowest BCUT2D eigenvalue weighted by atomic mass is 10.3. The molecule has 2 heterocycles. The van der Waals surface area contributed by atoms with Crippen molar-refractivity contribution in [2.75, 3.05) is 18.2 Å². The molecule has 2 aromatic heterocycles. The first-order valence-electron chi connectivity index (χ1n) is 7.02. The van der Waals surface area contributed by atoms with Crippen LogP contribution in [-0.2, 0) is 26.6 Å². The van der Waals surface area contributed by atoms with Crippen molar-refractivity contribution < 1.29 is 28.3 Å². The van der Waals surface area contributed by atoms with Crippen LogP contribution in [-0.4, -0.2) is 52.2 Å². The van der Waals surface area contributed by atoms with E-state index in [2.05, 4.69) is 24.8 Å². The van der Waals surface area contributed by atoms with Crippen LogP contribution >= 0.6 is 15.2 Å². The zero-order valence-electron chi connectivity index (χ0n) is 13.3. The summed E-state index contributed by atoms with van der Waals surface area (Å²) < 4.78 is 28.4. The Balaban J connectivity index is 1.89. The molecule has 5 N–H and O–H groups in total. The van der Waals surface area contributed by atoms with Gasteiger partial charge >= 0.3 is 15.2 Å². The highest BCUT2D eigenvalue weighted by atomic mass is 31.2. The lowest BCUT2D eigenvalue weighted by Crippen LogP contribution is -2.07.